The van der Waals surface area contributed by atoms with E-state index in [4.69, 9.17) is 9.47 Å². The lowest BCUT2D eigenvalue weighted by Crippen LogP contribution is -2.35. The standard InChI is InChI=1S/C16H25NO2/c1-4-5-13-11-17-9-8-14(13)12-6-7-15(18-2)16(10-12)19-3/h6-7,10,13-14,17H,4-5,8-9,11H2,1-3H3. The molecule has 1 aromatic rings. The number of nitrogens with one attached hydrogen (secondary N) is 1. The monoisotopic (exact) mass is 263 g/mol. The van der Waals surface area contributed by atoms with Crippen molar-refractivity contribution in [2.75, 3.05) is 27.3 Å². The molecular formula is C16H25NO2. The Bertz CT molecular complexity index is 404. The number of benzene rings is 1. The normalized spacial score (nSPS) is 23.1. The van der Waals surface area contributed by atoms with Crippen molar-refractivity contribution in [3.05, 3.63) is 23.8 Å². The highest BCUT2D eigenvalue weighted by molar-refractivity contribution is 5.44. The summed E-state index contributed by atoms with van der Waals surface area (Å²) in [4.78, 5) is 0. The van der Waals surface area contributed by atoms with Crippen LogP contribution in [-0.4, -0.2) is 27.3 Å². The van der Waals surface area contributed by atoms with E-state index in [1.165, 1.54) is 24.8 Å². The maximum atomic E-state index is 5.42. The van der Waals surface area contributed by atoms with Crippen molar-refractivity contribution in [1.82, 2.24) is 5.32 Å². The van der Waals surface area contributed by atoms with Crippen LogP contribution in [0, 0.1) is 5.92 Å². The number of hydrogen-bond acceptors (Lipinski definition) is 3. The van der Waals surface area contributed by atoms with E-state index < -0.39 is 0 Å². The second-order valence-corrected chi connectivity index (χ2v) is 5.26. The highest BCUT2D eigenvalue weighted by Crippen LogP contribution is 2.37. The highest BCUT2D eigenvalue weighted by atomic mass is 16.5. The second-order valence-electron chi connectivity index (χ2n) is 5.26. The fourth-order valence-electron chi connectivity index (χ4n) is 3.12. The lowest BCUT2D eigenvalue weighted by molar-refractivity contribution is 0.304. The second kappa shape index (κ2) is 6.80. The molecule has 1 aliphatic rings. The van der Waals surface area contributed by atoms with Gasteiger partial charge in [-0.25, -0.2) is 0 Å². The molecule has 0 spiro atoms. The van der Waals surface area contributed by atoms with E-state index in [0.717, 1.165) is 30.5 Å². The van der Waals surface area contributed by atoms with Gasteiger partial charge < -0.3 is 14.8 Å². The molecule has 1 N–H and O–H groups in total. The number of methoxy groups -OCH3 is 2. The van der Waals surface area contributed by atoms with Gasteiger partial charge in [-0.15, -0.1) is 0 Å². The molecule has 0 aliphatic carbocycles. The van der Waals surface area contributed by atoms with E-state index in [9.17, 15) is 0 Å². The molecule has 0 aromatic heterocycles. The minimum atomic E-state index is 0.640. The Morgan fingerprint density at radius 1 is 1.21 bits per heavy atom. The average Bonchev–Trinajstić information content (AvgIpc) is 2.47. The maximum Gasteiger partial charge on any atom is 0.160 e. The van der Waals surface area contributed by atoms with Crippen LogP contribution in [0.4, 0.5) is 0 Å². The Morgan fingerprint density at radius 3 is 2.68 bits per heavy atom. The Labute approximate surface area is 116 Å². The van der Waals surface area contributed by atoms with Crippen molar-refractivity contribution in [1.29, 1.82) is 0 Å². The molecule has 2 unspecified atom stereocenters. The topological polar surface area (TPSA) is 30.5 Å². The van der Waals surface area contributed by atoms with E-state index in [1.54, 1.807) is 14.2 Å². The van der Waals surface area contributed by atoms with Crippen molar-refractivity contribution in [3.8, 4) is 11.5 Å². The first-order chi connectivity index (χ1) is 9.30. The van der Waals surface area contributed by atoms with Gasteiger partial charge in [0.25, 0.3) is 0 Å². The minimum Gasteiger partial charge on any atom is -0.493 e. The summed E-state index contributed by atoms with van der Waals surface area (Å²) in [5.74, 6) is 3.03. The summed E-state index contributed by atoms with van der Waals surface area (Å²) in [6, 6.07) is 6.37. The first kappa shape index (κ1) is 14.2. The van der Waals surface area contributed by atoms with Crippen molar-refractivity contribution >= 4 is 0 Å². The average molecular weight is 263 g/mol. The molecule has 2 atom stereocenters. The Kier molecular flexibility index (Phi) is 5.08. The van der Waals surface area contributed by atoms with Crippen molar-refractivity contribution < 1.29 is 9.47 Å². The Balaban J connectivity index is 2.23. The molecule has 1 aliphatic heterocycles. The lowest BCUT2D eigenvalue weighted by atomic mass is 9.79. The van der Waals surface area contributed by atoms with Gasteiger partial charge in [-0.2, -0.15) is 0 Å². The van der Waals surface area contributed by atoms with Crippen LogP contribution in [0.1, 0.15) is 37.7 Å². The summed E-state index contributed by atoms with van der Waals surface area (Å²) >= 11 is 0. The van der Waals surface area contributed by atoms with Crippen LogP contribution in [0.3, 0.4) is 0 Å². The molecule has 1 aromatic carbocycles. The SMILES string of the molecule is CCCC1CNCCC1c1ccc(OC)c(OC)c1. The van der Waals surface area contributed by atoms with Crippen LogP contribution >= 0.6 is 0 Å². The largest absolute Gasteiger partial charge is 0.493 e. The van der Waals surface area contributed by atoms with Gasteiger partial charge in [0.15, 0.2) is 11.5 Å². The molecule has 0 saturated carbocycles. The zero-order valence-electron chi connectivity index (χ0n) is 12.2. The molecule has 3 nitrogen and oxygen atoms in total. The summed E-state index contributed by atoms with van der Waals surface area (Å²) in [5, 5.41) is 3.51. The van der Waals surface area contributed by atoms with Gasteiger partial charge in [0.1, 0.15) is 0 Å². The third-order valence-electron chi connectivity index (χ3n) is 4.10. The van der Waals surface area contributed by atoms with Gasteiger partial charge >= 0.3 is 0 Å². The third kappa shape index (κ3) is 3.21. The number of ether oxygens (including phenoxy) is 2. The number of piperidine rings is 1. The molecule has 19 heavy (non-hydrogen) atoms. The fraction of sp³-hybridized carbons (Fsp3) is 0.625. The van der Waals surface area contributed by atoms with Gasteiger partial charge in [-0.3, -0.25) is 0 Å². The van der Waals surface area contributed by atoms with Crippen LogP contribution < -0.4 is 14.8 Å². The fourth-order valence-corrected chi connectivity index (χ4v) is 3.12. The molecule has 3 heteroatoms. The highest BCUT2D eigenvalue weighted by Gasteiger charge is 2.26. The predicted octanol–water partition coefficient (Wildman–Crippen LogP) is 3.20. The minimum absolute atomic E-state index is 0.640. The Morgan fingerprint density at radius 2 is 2.00 bits per heavy atom. The van der Waals surface area contributed by atoms with E-state index in [0.29, 0.717) is 5.92 Å². The van der Waals surface area contributed by atoms with Gasteiger partial charge in [-0.1, -0.05) is 19.4 Å². The van der Waals surface area contributed by atoms with Crippen LogP contribution in [-0.2, 0) is 0 Å². The summed E-state index contributed by atoms with van der Waals surface area (Å²) in [5.41, 5.74) is 1.39. The van der Waals surface area contributed by atoms with Crippen LogP contribution in [0.25, 0.3) is 0 Å². The van der Waals surface area contributed by atoms with Crippen molar-refractivity contribution in [3.63, 3.8) is 0 Å². The van der Waals surface area contributed by atoms with Crippen molar-refractivity contribution in [2.24, 2.45) is 5.92 Å². The summed E-state index contributed by atoms with van der Waals surface area (Å²) < 4.78 is 10.7. The van der Waals surface area contributed by atoms with Gasteiger partial charge in [0, 0.05) is 0 Å². The molecule has 106 valence electrons. The molecule has 1 fully saturated rings. The maximum absolute atomic E-state index is 5.42. The zero-order chi connectivity index (χ0) is 13.7. The molecule has 2 rings (SSSR count). The molecular weight excluding hydrogens is 238 g/mol. The van der Waals surface area contributed by atoms with Gasteiger partial charge in [0.05, 0.1) is 14.2 Å². The third-order valence-corrected chi connectivity index (χ3v) is 4.10. The number of rotatable bonds is 5. The van der Waals surface area contributed by atoms with E-state index in [2.05, 4.69) is 24.4 Å². The van der Waals surface area contributed by atoms with Crippen LogP contribution in [0.15, 0.2) is 18.2 Å². The summed E-state index contributed by atoms with van der Waals surface area (Å²) in [6.07, 6.45) is 3.74. The summed E-state index contributed by atoms with van der Waals surface area (Å²) in [6.45, 7) is 4.51. The van der Waals surface area contributed by atoms with Crippen molar-refractivity contribution in [2.45, 2.75) is 32.1 Å². The van der Waals surface area contributed by atoms with Gasteiger partial charge in [0.2, 0.25) is 0 Å². The lowest BCUT2D eigenvalue weighted by Gasteiger charge is -2.32. The van der Waals surface area contributed by atoms with Crippen LogP contribution in [0.2, 0.25) is 0 Å². The smallest absolute Gasteiger partial charge is 0.160 e. The number of hydrogen-bond donors (Lipinski definition) is 1. The van der Waals surface area contributed by atoms with E-state index in [-0.39, 0.29) is 0 Å². The quantitative estimate of drug-likeness (QED) is 0.885. The summed E-state index contributed by atoms with van der Waals surface area (Å²) in [7, 11) is 3.38. The Hall–Kier alpha value is -1.22. The molecule has 1 saturated heterocycles. The molecule has 1 heterocycles. The molecule has 0 amide bonds. The molecule has 0 radical (unpaired) electrons. The van der Waals surface area contributed by atoms with Gasteiger partial charge in [-0.05, 0) is 55.5 Å². The van der Waals surface area contributed by atoms with E-state index >= 15 is 0 Å². The predicted molar refractivity (Wildman–Crippen MR) is 78.2 cm³/mol. The first-order valence-electron chi connectivity index (χ1n) is 7.22. The van der Waals surface area contributed by atoms with E-state index in [1.807, 2.05) is 6.07 Å². The molecule has 0 bridgehead atoms. The zero-order valence-corrected chi connectivity index (χ0v) is 12.2. The van der Waals surface area contributed by atoms with Crippen LogP contribution in [0.5, 0.6) is 11.5 Å². The first-order valence-corrected chi connectivity index (χ1v) is 7.22.